The van der Waals surface area contributed by atoms with Crippen LogP contribution in [0.2, 0.25) is 0 Å². The summed E-state index contributed by atoms with van der Waals surface area (Å²) >= 11 is 0. The van der Waals surface area contributed by atoms with E-state index in [0.29, 0.717) is 0 Å². The Morgan fingerprint density at radius 2 is 1.70 bits per heavy atom. The molecule has 0 aliphatic rings. The molecule has 0 spiro atoms. The maximum absolute atomic E-state index is 12.0. The fourth-order valence-corrected chi connectivity index (χ4v) is 2.25. The van der Waals surface area contributed by atoms with Gasteiger partial charge in [0, 0.05) is 12.7 Å². The molecule has 0 unspecified atom stereocenters. The number of likely N-dealkylation sites (N-methyl/N-ethyl adjacent to an activating group) is 1. The van der Waals surface area contributed by atoms with Crippen molar-refractivity contribution in [1.29, 1.82) is 0 Å². The first-order valence-electron chi connectivity index (χ1n) is 6.61. The molecule has 0 radical (unpaired) electrons. The van der Waals surface area contributed by atoms with Gasteiger partial charge in [-0.1, -0.05) is 32.0 Å². The topological polar surface area (TPSA) is 66.5 Å². The van der Waals surface area contributed by atoms with Gasteiger partial charge in [-0.05, 0) is 24.0 Å². The van der Waals surface area contributed by atoms with Gasteiger partial charge in [0.2, 0.25) is 15.9 Å². The van der Waals surface area contributed by atoms with Crippen molar-refractivity contribution in [2.75, 3.05) is 25.2 Å². The van der Waals surface area contributed by atoms with E-state index < -0.39 is 10.0 Å². The lowest BCUT2D eigenvalue weighted by Crippen LogP contribution is -2.34. The number of benzene rings is 1. The van der Waals surface area contributed by atoms with Gasteiger partial charge in [-0.3, -0.25) is 4.79 Å². The van der Waals surface area contributed by atoms with E-state index in [9.17, 15) is 13.2 Å². The molecular weight excluding hydrogens is 276 g/mol. The minimum Gasteiger partial charge on any atom is -0.324 e. The van der Waals surface area contributed by atoms with Crippen LogP contribution in [-0.4, -0.2) is 38.5 Å². The molecule has 5 nitrogen and oxygen atoms in total. The summed E-state index contributed by atoms with van der Waals surface area (Å²) in [4.78, 5) is 12.0. The van der Waals surface area contributed by atoms with Gasteiger partial charge in [0.25, 0.3) is 0 Å². The Morgan fingerprint density at radius 3 is 2.10 bits per heavy atom. The number of nitrogens with one attached hydrogen (secondary N) is 1. The van der Waals surface area contributed by atoms with Crippen LogP contribution in [0.4, 0.5) is 5.69 Å². The third-order valence-electron chi connectivity index (χ3n) is 3.20. The number of sulfonamides is 1. The predicted octanol–water partition coefficient (Wildman–Crippen LogP) is 1.64. The number of carbonyl (C=O) groups is 1. The van der Waals surface area contributed by atoms with Gasteiger partial charge in [-0.25, -0.2) is 8.42 Å². The molecule has 112 valence electrons. The van der Waals surface area contributed by atoms with Crippen molar-refractivity contribution in [3.8, 4) is 0 Å². The molecule has 1 amide bonds. The van der Waals surface area contributed by atoms with Crippen LogP contribution in [0.5, 0.6) is 0 Å². The van der Waals surface area contributed by atoms with E-state index in [1.807, 2.05) is 32.0 Å². The number of amides is 1. The zero-order chi connectivity index (χ0) is 15.3. The summed E-state index contributed by atoms with van der Waals surface area (Å²) in [7, 11) is -1.96. The lowest BCUT2D eigenvalue weighted by molar-refractivity contribution is -0.116. The van der Waals surface area contributed by atoms with Crippen LogP contribution in [0.1, 0.15) is 25.0 Å². The minimum absolute atomic E-state index is 0.181. The molecule has 0 aliphatic carbocycles. The van der Waals surface area contributed by atoms with E-state index in [1.54, 1.807) is 0 Å². The average molecular weight is 298 g/mol. The largest absolute Gasteiger partial charge is 0.324 e. The molecule has 1 N–H and O–H groups in total. The van der Waals surface area contributed by atoms with Crippen LogP contribution in [-0.2, 0) is 27.7 Å². The van der Waals surface area contributed by atoms with Crippen molar-refractivity contribution in [3.63, 3.8) is 0 Å². The van der Waals surface area contributed by atoms with Crippen LogP contribution in [0.25, 0.3) is 0 Å². The minimum atomic E-state index is -3.35. The summed E-state index contributed by atoms with van der Waals surface area (Å²) in [5.74, 6) is -0.325. The van der Waals surface area contributed by atoms with E-state index in [0.717, 1.165) is 40.2 Å². The standard InChI is InChI=1S/C14H22N2O3S/c1-5-11-8-7-9-12(6-2)14(11)15-13(17)10-16(3)20(4,18)19/h7-9H,5-6,10H2,1-4H3,(H,15,17). The number of para-hydroxylation sites is 1. The highest BCUT2D eigenvalue weighted by Crippen LogP contribution is 2.22. The van der Waals surface area contributed by atoms with E-state index in [-0.39, 0.29) is 12.5 Å². The number of nitrogens with zero attached hydrogens (tertiary/aromatic N) is 1. The summed E-state index contributed by atoms with van der Waals surface area (Å²) in [6.07, 6.45) is 2.70. The predicted molar refractivity (Wildman–Crippen MR) is 81.3 cm³/mol. The Labute approximate surface area is 121 Å². The summed E-state index contributed by atoms with van der Waals surface area (Å²) in [5.41, 5.74) is 2.92. The summed E-state index contributed by atoms with van der Waals surface area (Å²) in [6.45, 7) is 3.86. The third-order valence-corrected chi connectivity index (χ3v) is 4.46. The highest BCUT2D eigenvalue weighted by Gasteiger charge is 2.16. The van der Waals surface area contributed by atoms with E-state index in [2.05, 4.69) is 5.32 Å². The molecule has 6 heteroatoms. The van der Waals surface area contributed by atoms with Gasteiger partial charge in [0.1, 0.15) is 0 Å². The fourth-order valence-electron chi connectivity index (χ4n) is 1.90. The number of carbonyl (C=O) groups excluding carboxylic acids is 1. The number of aryl methyl sites for hydroxylation is 2. The molecule has 0 fully saturated rings. The second kappa shape index (κ2) is 6.85. The van der Waals surface area contributed by atoms with Gasteiger partial charge < -0.3 is 5.32 Å². The lowest BCUT2D eigenvalue weighted by atomic mass is 10.0. The molecule has 0 saturated carbocycles. The molecule has 0 saturated heterocycles. The van der Waals surface area contributed by atoms with E-state index in [1.165, 1.54) is 7.05 Å². The number of hydrogen-bond acceptors (Lipinski definition) is 3. The Kier molecular flexibility index (Phi) is 5.71. The molecule has 1 rings (SSSR count). The van der Waals surface area contributed by atoms with Crippen molar-refractivity contribution < 1.29 is 13.2 Å². The van der Waals surface area contributed by atoms with Crippen molar-refractivity contribution in [2.24, 2.45) is 0 Å². The Balaban J connectivity index is 2.91. The lowest BCUT2D eigenvalue weighted by Gasteiger charge is -2.17. The normalized spacial score (nSPS) is 11.7. The molecule has 1 aromatic rings. The van der Waals surface area contributed by atoms with E-state index >= 15 is 0 Å². The van der Waals surface area contributed by atoms with Gasteiger partial charge >= 0.3 is 0 Å². The smallest absolute Gasteiger partial charge is 0.239 e. The second-order valence-corrected chi connectivity index (χ2v) is 6.81. The van der Waals surface area contributed by atoms with Crippen LogP contribution in [0.3, 0.4) is 0 Å². The first kappa shape index (κ1) is 16.7. The van der Waals surface area contributed by atoms with Crippen LogP contribution >= 0.6 is 0 Å². The highest BCUT2D eigenvalue weighted by atomic mass is 32.2. The van der Waals surface area contributed by atoms with Crippen molar-refractivity contribution >= 4 is 21.6 Å². The molecule has 0 heterocycles. The Bertz CT molecular complexity index is 560. The van der Waals surface area contributed by atoms with Crippen molar-refractivity contribution in [3.05, 3.63) is 29.3 Å². The SMILES string of the molecule is CCc1cccc(CC)c1NC(=O)CN(C)S(C)(=O)=O. The molecule has 0 aliphatic heterocycles. The maximum Gasteiger partial charge on any atom is 0.239 e. The molecule has 20 heavy (non-hydrogen) atoms. The summed E-state index contributed by atoms with van der Waals surface area (Å²) < 4.78 is 23.7. The quantitative estimate of drug-likeness (QED) is 0.868. The van der Waals surface area contributed by atoms with Crippen LogP contribution in [0.15, 0.2) is 18.2 Å². The molecule has 1 aromatic carbocycles. The third kappa shape index (κ3) is 4.31. The Morgan fingerprint density at radius 1 is 1.20 bits per heavy atom. The zero-order valence-electron chi connectivity index (χ0n) is 12.4. The van der Waals surface area contributed by atoms with Crippen molar-refractivity contribution in [2.45, 2.75) is 26.7 Å². The molecule has 0 atom stereocenters. The zero-order valence-corrected chi connectivity index (χ0v) is 13.3. The van der Waals surface area contributed by atoms with Crippen LogP contribution < -0.4 is 5.32 Å². The second-order valence-electron chi connectivity index (χ2n) is 4.73. The maximum atomic E-state index is 12.0. The highest BCUT2D eigenvalue weighted by molar-refractivity contribution is 7.88. The number of hydrogen-bond donors (Lipinski definition) is 1. The van der Waals surface area contributed by atoms with Gasteiger partial charge in [0.05, 0.1) is 12.8 Å². The molecular formula is C14H22N2O3S. The number of rotatable bonds is 6. The summed E-state index contributed by atoms with van der Waals surface area (Å²) in [6, 6.07) is 5.90. The number of anilines is 1. The molecule has 0 aromatic heterocycles. The van der Waals surface area contributed by atoms with E-state index in [4.69, 9.17) is 0 Å². The Hall–Kier alpha value is -1.40. The van der Waals surface area contributed by atoms with Crippen LogP contribution in [0, 0.1) is 0 Å². The average Bonchev–Trinajstić information content (AvgIpc) is 2.37. The monoisotopic (exact) mass is 298 g/mol. The van der Waals surface area contributed by atoms with Gasteiger partial charge in [0.15, 0.2) is 0 Å². The first-order valence-corrected chi connectivity index (χ1v) is 8.46. The van der Waals surface area contributed by atoms with Crippen molar-refractivity contribution in [1.82, 2.24) is 4.31 Å². The molecule has 0 bridgehead atoms. The summed E-state index contributed by atoms with van der Waals surface area (Å²) in [5, 5.41) is 2.84. The van der Waals surface area contributed by atoms with Gasteiger partial charge in [-0.2, -0.15) is 4.31 Å². The first-order chi connectivity index (χ1) is 9.29. The fraction of sp³-hybridized carbons (Fsp3) is 0.500. The van der Waals surface area contributed by atoms with Gasteiger partial charge in [-0.15, -0.1) is 0 Å².